The Balaban J connectivity index is 3.64. The topological polar surface area (TPSA) is 66.8 Å². The van der Waals surface area contributed by atoms with Gasteiger partial charge in [0.2, 0.25) is 0 Å². The van der Waals surface area contributed by atoms with Crippen molar-refractivity contribution in [2.75, 3.05) is 0 Å². The minimum absolute atomic E-state index is 0.291. The van der Waals surface area contributed by atoms with E-state index < -0.39 is 51.8 Å². The molecule has 0 fully saturated rings. The van der Waals surface area contributed by atoms with E-state index in [9.17, 15) is 41.4 Å². The number of esters is 1. The SMILES string of the molecule is CCC(C)(C)C(=O)Oc1cc(C(C)(O)C(F)(F)F)cc(C(C)(O)C(F)(F)F)c1. The van der Waals surface area contributed by atoms with Crippen LogP contribution in [0.1, 0.15) is 52.2 Å². The highest BCUT2D eigenvalue weighted by atomic mass is 19.4. The van der Waals surface area contributed by atoms with Gasteiger partial charge in [0.25, 0.3) is 0 Å². The Labute approximate surface area is 158 Å². The molecule has 2 N–H and O–H groups in total. The molecule has 0 saturated heterocycles. The van der Waals surface area contributed by atoms with Crippen molar-refractivity contribution in [3.63, 3.8) is 0 Å². The predicted octanol–water partition coefficient (Wildman–Crippen LogP) is 4.57. The third kappa shape index (κ3) is 4.60. The van der Waals surface area contributed by atoms with Crippen molar-refractivity contribution in [1.29, 1.82) is 0 Å². The van der Waals surface area contributed by atoms with Gasteiger partial charge in [-0.05, 0) is 63.4 Å². The van der Waals surface area contributed by atoms with Crippen LogP contribution in [0.25, 0.3) is 0 Å². The molecule has 0 radical (unpaired) electrons. The monoisotopic (exact) mass is 416 g/mol. The van der Waals surface area contributed by atoms with Crippen LogP contribution in [0.3, 0.4) is 0 Å². The lowest BCUT2D eigenvalue weighted by Gasteiger charge is -2.31. The van der Waals surface area contributed by atoms with Gasteiger partial charge in [-0.3, -0.25) is 4.79 Å². The van der Waals surface area contributed by atoms with Gasteiger partial charge in [0, 0.05) is 0 Å². The zero-order valence-electron chi connectivity index (χ0n) is 15.9. The van der Waals surface area contributed by atoms with E-state index in [1.165, 1.54) is 13.8 Å². The maximum Gasteiger partial charge on any atom is 0.421 e. The Morgan fingerprint density at radius 2 is 1.21 bits per heavy atom. The first-order chi connectivity index (χ1) is 12.3. The summed E-state index contributed by atoms with van der Waals surface area (Å²) in [5, 5.41) is 19.7. The molecule has 2 unspecified atom stereocenters. The zero-order chi connectivity index (χ0) is 22.3. The second-order valence-corrected chi connectivity index (χ2v) is 7.51. The number of carbonyl (C=O) groups is 1. The van der Waals surface area contributed by atoms with Crippen molar-refractivity contribution in [2.45, 2.75) is 64.6 Å². The van der Waals surface area contributed by atoms with E-state index in [4.69, 9.17) is 4.74 Å². The van der Waals surface area contributed by atoms with Gasteiger partial charge in [0.15, 0.2) is 11.2 Å². The molecule has 1 aromatic carbocycles. The van der Waals surface area contributed by atoms with Crippen LogP contribution in [-0.2, 0) is 16.0 Å². The number of aliphatic hydroxyl groups is 2. The molecule has 4 nitrogen and oxygen atoms in total. The van der Waals surface area contributed by atoms with E-state index >= 15 is 0 Å². The zero-order valence-corrected chi connectivity index (χ0v) is 15.9. The first-order valence-electron chi connectivity index (χ1n) is 8.24. The average Bonchev–Trinajstić information content (AvgIpc) is 2.52. The molecule has 28 heavy (non-hydrogen) atoms. The highest BCUT2D eigenvalue weighted by molar-refractivity contribution is 5.78. The van der Waals surface area contributed by atoms with E-state index in [-0.39, 0.29) is 0 Å². The molecule has 0 amide bonds. The standard InChI is InChI=1S/C18H22F6O4/c1-6-14(2,3)13(25)28-12-8-10(15(4,26)17(19,20)21)7-11(9-12)16(5,27)18(22,23)24/h7-9,26-27H,6H2,1-5H3. The van der Waals surface area contributed by atoms with Crippen LogP contribution in [0.5, 0.6) is 5.75 Å². The quantitative estimate of drug-likeness (QED) is 0.419. The molecule has 0 aromatic heterocycles. The third-order valence-electron chi connectivity index (χ3n) is 4.78. The number of hydrogen-bond acceptors (Lipinski definition) is 4. The normalized spacial score (nSPS) is 17.6. The number of benzene rings is 1. The summed E-state index contributed by atoms with van der Waals surface area (Å²) < 4.78 is 84.0. The van der Waals surface area contributed by atoms with Gasteiger partial charge in [-0.15, -0.1) is 0 Å². The molecule has 0 spiro atoms. The maximum absolute atomic E-state index is 13.2. The van der Waals surface area contributed by atoms with E-state index in [1.807, 2.05) is 0 Å². The van der Waals surface area contributed by atoms with Crippen LogP contribution in [0.15, 0.2) is 18.2 Å². The Morgan fingerprint density at radius 1 is 0.857 bits per heavy atom. The van der Waals surface area contributed by atoms with Gasteiger partial charge in [-0.25, -0.2) is 0 Å². The van der Waals surface area contributed by atoms with E-state index in [0.29, 0.717) is 38.5 Å². The van der Waals surface area contributed by atoms with Gasteiger partial charge in [0.05, 0.1) is 5.41 Å². The smallest absolute Gasteiger partial charge is 0.421 e. The second kappa shape index (κ2) is 7.22. The second-order valence-electron chi connectivity index (χ2n) is 7.51. The molecule has 160 valence electrons. The highest BCUT2D eigenvalue weighted by Crippen LogP contribution is 2.44. The number of carbonyl (C=O) groups excluding carboxylic acids is 1. The number of alkyl halides is 6. The highest BCUT2D eigenvalue weighted by Gasteiger charge is 2.54. The largest absolute Gasteiger partial charge is 0.426 e. The molecular weight excluding hydrogens is 394 g/mol. The van der Waals surface area contributed by atoms with Crippen LogP contribution in [-0.4, -0.2) is 28.5 Å². The van der Waals surface area contributed by atoms with E-state index in [1.54, 1.807) is 6.92 Å². The first kappa shape index (κ1) is 24.2. The van der Waals surface area contributed by atoms with E-state index in [2.05, 4.69) is 0 Å². The van der Waals surface area contributed by atoms with Crippen molar-refractivity contribution < 1.29 is 46.1 Å². The molecule has 1 rings (SSSR count). The summed E-state index contributed by atoms with van der Waals surface area (Å²) in [4.78, 5) is 12.2. The summed E-state index contributed by atoms with van der Waals surface area (Å²) in [6.45, 7) is 5.30. The van der Waals surface area contributed by atoms with Crippen molar-refractivity contribution in [1.82, 2.24) is 0 Å². The molecule has 0 bridgehead atoms. The summed E-state index contributed by atoms with van der Waals surface area (Å²) in [5.74, 6) is -1.55. The molecule has 2 atom stereocenters. The summed E-state index contributed by atoms with van der Waals surface area (Å²) in [6, 6.07) is 1.61. The molecule has 0 aliphatic carbocycles. The fraction of sp³-hybridized carbons (Fsp3) is 0.611. The van der Waals surface area contributed by atoms with Gasteiger partial charge in [-0.1, -0.05) is 6.92 Å². The molecule has 0 aliphatic heterocycles. The predicted molar refractivity (Wildman–Crippen MR) is 87.4 cm³/mol. The number of hydrogen-bond donors (Lipinski definition) is 2. The number of halogens is 6. The van der Waals surface area contributed by atoms with Crippen LogP contribution in [0, 0.1) is 5.41 Å². The average molecular weight is 416 g/mol. The van der Waals surface area contributed by atoms with Crippen LogP contribution in [0.2, 0.25) is 0 Å². The van der Waals surface area contributed by atoms with Crippen molar-refractivity contribution >= 4 is 5.97 Å². The fourth-order valence-electron chi connectivity index (χ4n) is 1.94. The first-order valence-corrected chi connectivity index (χ1v) is 8.24. The van der Waals surface area contributed by atoms with Gasteiger partial charge in [0.1, 0.15) is 5.75 Å². The third-order valence-corrected chi connectivity index (χ3v) is 4.78. The lowest BCUT2D eigenvalue weighted by molar-refractivity contribution is -0.261. The molecule has 1 aromatic rings. The summed E-state index contributed by atoms with van der Waals surface area (Å²) >= 11 is 0. The summed E-state index contributed by atoms with van der Waals surface area (Å²) in [7, 11) is 0. The Bertz CT molecular complexity index is 688. The number of ether oxygens (including phenoxy) is 1. The lowest BCUT2D eigenvalue weighted by Crippen LogP contribution is -2.42. The van der Waals surface area contributed by atoms with Crippen LogP contribution >= 0.6 is 0 Å². The van der Waals surface area contributed by atoms with Gasteiger partial charge in [-0.2, -0.15) is 26.3 Å². The molecule has 0 aliphatic rings. The fourth-order valence-corrected chi connectivity index (χ4v) is 1.94. The van der Waals surface area contributed by atoms with Crippen molar-refractivity contribution in [3.8, 4) is 5.75 Å². The van der Waals surface area contributed by atoms with Crippen molar-refractivity contribution in [2.24, 2.45) is 5.41 Å². The lowest BCUT2D eigenvalue weighted by atomic mass is 9.87. The minimum atomic E-state index is -5.24. The van der Waals surface area contributed by atoms with Gasteiger partial charge < -0.3 is 14.9 Å². The molecule has 10 heteroatoms. The van der Waals surface area contributed by atoms with E-state index in [0.717, 1.165) is 0 Å². The molecular formula is C18H22F6O4. The Morgan fingerprint density at radius 3 is 1.50 bits per heavy atom. The van der Waals surface area contributed by atoms with Crippen molar-refractivity contribution in [3.05, 3.63) is 29.3 Å². The minimum Gasteiger partial charge on any atom is -0.426 e. The van der Waals surface area contributed by atoms with Gasteiger partial charge >= 0.3 is 18.3 Å². The Hall–Kier alpha value is -1.81. The molecule has 0 saturated carbocycles. The maximum atomic E-state index is 13.2. The van der Waals surface area contributed by atoms with Crippen LogP contribution in [0.4, 0.5) is 26.3 Å². The Kier molecular flexibility index (Phi) is 6.25. The van der Waals surface area contributed by atoms with Crippen LogP contribution < -0.4 is 4.74 Å². The summed E-state index contributed by atoms with van der Waals surface area (Å²) in [6.07, 6.45) is -10.2. The molecule has 0 heterocycles. The summed E-state index contributed by atoms with van der Waals surface area (Å²) in [5.41, 5.74) is -10.2. The number of rotatable bonds is 5.